The fourth-order valence-corrected chi connectivity index (χ4v) is 2.52. The first kappa shape index (κ1) is 19.7. The molecule has 148 valence electrons. The molecule has 3 N–H and O–H groups in total. The number of nitrogens with zero attached hydrogens (tertiary/aromatic N) is 4. The molecule has 29 heavy (non-hydrogen) atoms. The number of para-hydroxylation sites is 1. The van der Waals surface area contributed by atoms with Crippen molar-refractivity contribution in [1.29, 1.82) is 0 Å². The predicted octanol–water partition coefficient (Wildman–Crippen LogP) is 2.67. The molecule has 10 nitrogen and oxygen atoms in total. The highest BCUT2D eigenvalue weighted by Crippen LogP contribution is 2.17. The Balaban J connectivity index is 1.47. The third-order valence-corrected chi connectivity index (χ3v) is 3.90. The van der Waals surface area contributed by atoms with Crippen LogP contribution >= 0.6 is 0 Å². The van der Waals surface area contributed by atoms with E-state index in [9.17, 15) is 14.9 Å². The Morgan fingerprint density at radius 3 is 2.52 bits per heavy atom. The molecule has 0 aliphatic carbocycles. The highest BCUT2D eigenvalue weighted by atomic mass is 16.6. The summed E-state index contributed by atoms with van der Waals surface area (Å²) in [6, 6.07) is 13.1. The number of hydrogen-bond donors (Lipinski definition) is 3. The lowest BCUT2D eigenvalue weighted by atomic mass is 10.1. The quantitative estimate of drug-likeness (QED) is 0.302. The van der Waals surface area contributed by atoms with Gasteiger partial charge in [-0.25, -0.2) is 4.98 Å². The van der Waals surface area contributed by atoms with Gasteiger partial charge in [-0.2, -0.15) is 0 Å². The molecule has 0 fully saturated rings. The van der Waals surface area contributed by atoms with E-state index < -0.39 is 10.8 Å². The van der Waals surface area contributed by atoms with Crippen molar-refractivity contribution in [2.75, 3.05) is 23.7 Å². The number of nitrogens with one attached hydrogen (secondary N) is 3. The number of aryl methyl sites for hydroxylation is 1. The topological polar surface area (TPSA) is 135 Å². The van der Waals surface area contributed by atoms with Crippen LogP contribution in [0, 0.1) is 17.0 Å². The molecule has 1 aromatic carbocycles. The van der Waals surface area contributed by atoms with Gasteiger partial charge in [-0.05, 0) is 42.8 Å². The largest absolute Gasteiger partial charge is 0.367 e. The number of aromatic nitrogens is 3. The molecule has 0 bridgehead atoms. The molecule has 0 spiro atoms. The molecule has 3 aromatic rings. The van der Waals surface area contributed by atoms with E-state index in [0.717, 1.165) is 5.56 Å². The Bertz CT molecular complexity index is 1010. The molecule has 0 aliphatic rings. The van der Waals surface area contributed by atoms with Crippen molar-refractivity contribution < 1.29 is 9.72 Å². The van der Waals surface area contributed by atoms with Gasteiger partial charge in [0.1, 0.15) is 17.2 Å². The molecule has 0 saturated heterocycles. The molecule has 1 amide bonds. The average molecular weight is 393 g/mol. The van der Waals surface area contributed by atoms with Crippen molar-refractivity contribution in [3.05, 3.63) is 76.0 Å². The van der Waals surface area contributed by atoms with Crippen molar-refractivity contribution in [2.45, 2.75) is 6.92 Å². The molecule has 0 unspecified atom stereocenters. The first-order valence-corrected chi connectivity index (χ1v) is 8.82. The average Bonchev–Trinajstić information content (AvgIpc) is 2.72. The van der Waals surface area contributed by atoms with Gasteiger partial charge in [0.15, 0.2) is 5.82 Å². The van der Waals surface area contributed by atoms with Crippen LogP contribution in [0.15, 0.2) is 54.7 Å². The summed E-state index contributed by atoms with van der Waals surface area (Å²) in [5, 5.41) is 27.8. The summed E-state index contributed by atoms with van der Waals surface area (Å²) < 4.78 is 0. The smallest absolute Gasteiger partial charge is 0.282 e. The molecule has 0 radical (unpaired) electrons. The minimum Gasteiger partial charge on any atom is -0.367 e. The van der Waals surface area contributed by atoms with Crippen LogP contribution in [0.3, 0.4) is 0 Å². The molecule has 2 heterocycles. The fourth-order valence-electron chi connectivity index (χ4n) is 2.52. The summed E-state index contributed by atoms with van der Waals surface area (Å²) in [6.45, 7) is 2.62. The van der Waals surface area contributed by atoms with Crippen LogP contribution < -0.4 is 16.0 Å². The number of anilines is 3. The highest BCUT2D eigenvalue weighted by molar-refractivity contribution is 5.98. The second-order valence-electron chi connectivity index (χ2n) is 6.10. The van der Waals surface area contributed by atoms with Crippen LogP contribution in [0.2, 0.25) is 0 Å². The molecule has 3 rings (SSSR count). The van der Waals surface area contributed by atoms with Gasteiger partial charge in [0.2, 0.25) is 0 Å². The van der Waals surface area contributed by atoms with E-state index in [0.29, 0.717) is 24.0 Å². The van der Waals surface area contributed by atoms with Crippen LogP contribution in [0.25, 0.3) is 0 Å². The molecule has 0 saturated carbocycles. The summed E-state index contributed by atoms with van der Waals surface area (Å²) in [5.41, 5.74) is 0.879. The monoisotopic (exact) mass is 393 g/mol. The third-order valence-electron chi connectivity index (χ3n) is 3.90. The second-order valence-corrected chi connectivity index (χ2v) is 6.10. The van der Waals surface area contributed by atoms with E-state index in [1.54, 1.807) is 24.4 Å². The van der Waals surface area contributed by atoms with E-state index in [4.69, 9.17) is 0 Å². The normalized spacial score (nSPS) is 10.2. The van der Waals surface area contributed by atoms with Gasteiger partial charge in [0, 0.05) is 25.4 Å². The van der Waals surface area contributed by atoms with E-state index in [1.807, 2.05) is 19.1 Å². The third kappa shape index (κ3) is 5.45. The Kier molecular flexibility index (Phi) is 6.25. The first-order valence-electron chi connectivity index (χ1n) is 8.82. The van der Waals surface area contributed by atoms with Gasteiger partial charge >= 0.3 is 0 Å². The van der Waals surface area contributed by atoms with E-state index in [-0.39, 0.29) is 17.8 Å². The van der Waals surface area contributed by atoms with Crippen LogP contribution in [-0.4, -0.2) is 39.1 Å². The zero-order valence-corrected chi connectivity index (χ0v) is 15.6. The van der Waals surface area contributed by atoms with Crippen LogP contribution in [-0.2, 0) is 0 Å². The maximum atomic E-state index is 12.1. The van der Waals surface area contributed by atoms with Crippen LogP contribution in [0.4, 0.5) is 23.1 Å². The highest BCUT2D eigenvalue weighted by Gasteiger charge is 2.18. The fraction of sp³-hybridized carbons (Fsp3) is 0.158. The lowest BCUT2D eigenvalue weighted by Gasteiger charge is -2.08. The number of benzene rings is 1. The summed E-state index contributed by atoms with van der Waals surface area (Å²) in [5.74, 6) is 1.26. The van der Waals surface area contributed by atoms with E-state index in [1.165, 1.54) is 18.2 Å². The van der Waals surface area contributed by atoms with Gasteiger partial charge in [-0.3, -0.25) is 14.9 Å². The minimum atomic E-state index is -0.579. The molecule has 2 aromatic heterocycles. The summed E-state index contributed by atoms with van der Waals surface area (Å²) in [7, 11) is 0. The SMILES string of the molecule is Cc1ccnc(Nc2ccc(NCCNC(=O)c3ccccc3[N+](=O)[O-])nn2)c1. The van der Waals surface area contributed by atoms with Crippen molar-refractivity contribution in [1.82, 2.24) is 20.5 Å². The minimum absolute atomic E-state index is 0.0254. The number of carbonyl (C=O) groups excluding carboxylic acids is 1. The lowest BCUT2D eigenvalue weighted by Crippen LogP contribution is -2.29. The van der Waals surface area contributed by atoms with Crippen LogP contribution in [0.5, 0.6) is 0 Å². The van der Waals surface area contributed by atoms with Crippen molar-refractivity contribution in [3.8, 4) is 0 Å². The summed E-state index contributed by atoms with van der Waals surface area (Å²) >= 11 is 0. The van der Waals surface area contributed by atoms with Gasteiger partial charge < -0.3 is 16.0 Å². The lowest BCUT2D eigenvalue weighted by molar-refractivity contribution is -0.385. The number of amides is 1. The second kappa shape index (κ2) is 9.22. The molecule has 10 heteroatoms. The van der Waals surface area contributed by atoms with E-state index in [2.05, 4.69) is 31.1 Å². The number of carbonyl (C=O) groups is 1. The number of nitro benzene ring substituents is 1. The van der Waals surface area contributed by atoms with Crippen molar-refractivity contribution in [2.24, 2.45) is 0 Å². The zero-order chi connectivity index (χ0) is 20.6. The molecule has 0 atom stereocenters. The summed E-state index contributed by atoms with van der Waals surface area (Å²) in [6.07, 6.45) is 1.71. The van der Waals surface area contributed by atoms with Crippen molar-refractivity contribution in [3.63, 3.8) is 0 Å². The number of hydrogen-bond acceptors (Lipinski definition) is 8. The molecular formula is C19H19N7O3. The number of nitro groups is 1. The maximum absolute atomic E-state index is 12.1. The van der Waals surface area contributed by atoms with Gasteiger partial charge in [0.05, 0.1) is 4.92 Å². The number of pyridine rings is 1. The van der Waals surface area contributed by atoms with Gasteiger partial charge in [0.25, 0.3) is 11.6 Å². The molecule has 0 aliphatic heterocycles. The Labute approximate surface area is 166 Å². The summed E-state index contributed by atoms with van der Waals surface area (Å²) in [4.78, 5) is 26.7. The standard InChI is InChI=1S/C19H19N7O3/c1-13-8-9-20-18(12-13)23-17-7-6-16(24-25-17)21-10-11-22-19(27)14-4-2-3-5-15(14)26(28)29/h2-9,12H,10-11H2,1H3,(H,21,24)(H,22,27)(H,20,23,25). The predicted molar refractivity (Wildman–Crippen MR) is 108 cm³/mol. The Hall–Kier alpha value is -4.08. The zero-order valence-electron chi connectivity index (χ0n) is 15.6. The Morgan fingerprint density at radius 1 is 1.03 bits per heavy atom. The van der Waals surface area contributed by atoms with Crippen molar-refractivity contribution >= 4 is 29.0 Å². The number of rotatable bonds is 8. The van der Waals surface area contributed by atoms with Crippen LogP contribution in [0.1, 0.15) is 15.9 Å². The maximum Gasteiger partial charge on any atom is 0.282 e. The van der Waals surface area contributed by atoms with Gasteiger partial charge in [-0.15, -0.1) is 10.2 Å². The van der Waals surface area contributed by atoms with Gasteiger partial charge in [-0.1, -0.05) is 12.1 Å². The van der Waals surface area contributed by atoms with E-state index >= 15 is 0 Å². The Morgan fingerprint density at radius 2 is 1.79 bits per heavy atom. The first-order chi connectivity index (χ1) is 14.0. The molecular weight excluding hydrogens is 374 g/mol.